The van der Waals surface area contributed by atoms with Gasteiger partial charge in [0.1, 0.15) is 0 Å². The van der Waals surface area contributed by atoms with Gasteiger partial charge in [-0.1, -0.05) is 6.07 Å². The smallest absolute Gasteiger partial charge is 0.270 e. The minimum atomic E-state index is -0.534. The Kier molecular flexibility index (Phi) is 7.79. The summed E-state index contributed by atoms with van der Waals surface area (Å²) in [5, 5.41) is 17.1. The van der Waals surface area contributed by atoms with Crippen LogP contribution in [0.15, 0.2) is 36.4 Å². The van der Waals surface area contributed by atoms with Crippen LogP contribution in [0.1, 0.15) is 22.8 Å². The number of nitrogens with one attached hydrogen (secondary N) is 2. The molecule has 1 amide bonds. The zero-order valence-corrected chi connectivity index (χ0v) is 16.9. The number of non-ortho nitro benzene ring substituents is 1. The number of ether oxygens (including phenoxy) is 3. The number of nitrogens with zero attached hydrogens (tertiary/aromatic N) is 1. The summed E-state index contributed by atoms with van der Waals surface area (Å²) >= 11 is 0. The third-order valence-corrected chi connectivity index (χ3v) is 4.18. The Morgan fingerprint density at radius 2 is 1.83 bits per heavy atom. The standard InChI is InChI=1S/C20H25N3O6/c1-13(12-27-2)22-17-7-6-15(23(25)26)10-16(17)20(24)21-11-14-5-8-18(28-3)19(9-14)29-4/h5-10,13,22H,11-12H2,1-4H3,(H,21,24). The molecule has 156 valence electrons. The normalized spacial score (nSPS) is 11.4. The summed E-state index contributed by atoms with van der Waals surface area (Å²) in [4.78, 5) is 23.4. The van der Waals surface area contributed by atoms with Crippen molar-refractivity contribution >= 4 is 17.3 Å². The molecule has 0 saturated heterocycles. The molecule has 9 heteroatoms. The fraction of sp³-hybridized carbons (Fsp3) is 0.350. The summed E-state index contributed by atoms with van der Waals surface area (Å²) in [5.74, 6) is 0.695. The van der Waals surface area contributed by atoms with E-state index in [9.17, 15) is 14.9 Å². The van der Waals surface area contributed by atoms with Crippen molar-refractivity contribution in [2.75, 3.05) is 33.3 Å². The van der Waals surface area contributed by atoms with E-state index < -0.39 is 10.8 Å². The van der Waals surface area contributed by atoms with Crippen molar-refractivity contribution in [3.63, 3.8) is 0 Å². The van der Waals surface area contributed by atoms with Crippen molar-refractivity contribution < 1.29 is 23.9 Å². The maximum atomic E-state index is 12.8. The van der Waals surface area contributed by atoms with Crippen molar-refractivity contribution in [3.8, 4) is 11.5 Å². The number of hydrogen-bond donors (Lipinski definition) is 2. The average Bonchev–Trinajstić information content (AvgIpc) is 2.71. The van der Waals surface area contributed by atoms with Gasteiger partial charge in [-0.3, -0.25) is 14.9 Å². The van der Waals surface area contributed by atoms with Crippen LogP contribution >= 0.6 is 0 Å². The van der Waals surface area contributed by atoms with Crippen LogP contribution in [0.5, 0.6) is 11.5 Å². The molecule has 2 aromatic carbocycles. The molecule has 2 N–H and O–H groups in total. The number of hydrogen-bond acceptors (Lipinski definition) is 7. The molecule has 29 heavy (non-hydrogen) atoms. The molecule has 2 aromatic rings. The third-order valence-electron chi connectivity index (χ3n) is 4.18. The zero-order valence-electron chi connectivity index (χ0n) is 16.9. The van der Waals surface area contributed by atoms with Crippen LogP contribution in [0, 0.1) is 10.1 Å². The number of rotatable bonds is 10. The highest BCUT2D eigenvalue weighted by molar-refractivity contribution is 6.00. The molecule has 9 nitrogen and oxygen atoms in total. The molecule has 0 radical (unpaired) electrons. The molecular formula is C20H25N3O6. The van der Waals surface area contributed by atoms with E-state index in [1.54, 1.807) is 32.4 Å². The SMILES string of the molecule is COCC(C)Nc1ccc([N+](=O)[O-])cc1C(=O)NCc1ccc(OC)c(OC)c1. The molecule has 0 heterocycles. The summed E-state index contributed by atoms with van der Waals surface area (Å²) in [6, 6.07) is 9.35. The van der Waals surface area contributed by atoms with Gasteiger partial charge in [0.15, 0.2) is 11.5 Å². The molecule has 0 aliphatic rings. The Bertz CT molecular complexity index is 871. The predicted molar refractivity (Wildman–Crippen MR) is 109 cm³/mol. The number of carbonyl (C=O) groups is 1. The highest BCUT2D eigenvalue weighted by Gasteiger charge is 2.18. The predicted octanol–water partition coefficient (Wildman–Crippen LogP) is 2.99. The second kappa shape index (κ2) is 10.3. The first-order chi connectivity index (χ1) is 13.9. The number of nitro groups is 1. The van der Waals surface area contributed by atoms with Crippen LogP contribution in [0.25, 0.3) is 0 Å². The number of methoxy groups -OCH3 is 3. The van der Waals surface area contributed by atoms with E-state index in [1.165, 1.54) is 25.3 Å². The molecule has 1 atom stereocenters. The van der Waals surface area contributed by atoms with Gasteiger partial charge in [0, 0.05) is 37.5 Å². The number of amides is 1. The van der Waals surface area contributed by atoms with Crippen LogP contribution in [0.4, 0.5) is 11.4 Å². The Labute approximate surface area is 169 Å². The first-order valence-electron chi connectivity index (χ1n) is 8.92. The lowest BCUT2D eigenvalue weighted by molar-refractivity contribution is -0.384. The fourth-order valence-electron chi connectivity index (χ4n) is 2.78. The van der Waals surface area contributed by atoms with Gasteiger partial charge in [-0.05, 0) is 30.7 Å². The largest absolute Gasteiger partial charge is 0.493 e. The van der Waals surface area contributed by atoms with Crippen molar-refractivity contribution in [2.45, 2.75) is 19.5 Å². The molecule has 0 aromatic heterocycles. The summed E-state index contributed by atoms with van der Waals surface area (Å²) < 4.78 is 15.6. The third kappa shape index (κ3) is 5.82. The van der Waals surface area contributed by atoms with E-state index in [1.807, 2.05) is 6.92 Å². The molecule has 0 fully saturated rings. The van der Waals surface area contributed by atoms with Gasteiger partial charge in [-0.25, -0.2) is 0 Å². The molecule has 0 aliphatic heterocycles. The lowest BCUT2D eigenvalue weighted by Gasteiger charge is -2.17. The molecule has 0 saturated carbocycles. The average molecular weight is 403 g/mol. The maximum absolute atomic E-state index is 12.8. The van der Waals surface area contributed by atoms with Crippen molar-refractivity contribution in [1.29, 1.82) is 0 Å². The van der Waals surface area contributed by atoms with Gasteiger partial charge in [-0.2, -0.15) is 0 Å². The lowest BCUT2D eigenvalue weighted by Crippen LogP contribution is -2.27. The van der Waals surface area contributed by atoms with Gasteiger partial charge in [0.25, 0.3) is 11.6 Å². The summed E-state index contributed by atoms with van der Waals surface area (Å²) in [6.45, 7) is 2.52. The molecule has 0 bridgehead atoms. The van der Waals surface area contributed by atoms with E-state index in [4.69, 9.17) is 14.2 Å². The molecule has 0 spiro atoms. The topological polar surface area (TPSA) is 112 Å². The van der Waals surface area contributed by atoms with Crippen LogP contribution in [-0.2, 0) is 11.3 Å². The second-order valence-corrected chi connectivity index (χ2v) is 6.36. The summed E-state index contributed by atoms with van der Waals surface area (Å²) in [6.07, 6.45) is 0. The van der Waals surface area contributed by atoms with Gasteiger partial charge >= 0.3 is 0 Å². The maximum Gasteiger partial charge on any atom is 0.270 e. The number of anilines is 1. The van der Waals surface area contributed by atoms with E-state index in [2.05, 4.69) is 10.6 Å². The monoisotopic (exact) mass is 403 g/mol. The minimum Gasteiger partial charge on any atom is -0.493 e. The van der Waals surface area contributed by atoms with Crippen molar-refractivity contribution in [3.05, 3.63) is 57.6 Å². The Hall–Kier alpha value is -3.33. The highest BCUT2D eigenvalue weighted by Crippen LogP contribution is 2.28. The molecule has 2 rings (SSSR count). The van der Waals surface area contributed by atoms with E-state index >= 15 is 0 Å². The first kappa shape index (κ1) is 22.0. The van der Waals surface area contributed by atoms with E-state index in [0.29, 0.717) is 23.8 Å². The van der Waals surface area contributed by atoms with Gasteiger partial charge < -0.3 is 24.8 Å². The van der Waals surface area contributed by atoms with Crippen molar-refractivity contribution in [1.82, 2.24) is 5.32 Å². The Morgan fingerprint density at radius 3 is 2.45 bits per heavy atom. The highest BCUT2D eigenvalue weighted by atomic mass is 16.6. The molecule has 0 aliphatic carbocycles. The van der Waals surface area contributed by atoms with Crippen LogP contribution < -0.4 is 20.1 Å². The number of carbonyl (C=O) groups excluding carboxylic acids is 1. The quantitative estimate of drug-likeness (QED) is 0.463. The van der Waals surface area contributed by atoms with Gasteiger partial charge in [0.05, 0.1) is 31.3 Å². The molecular weight excluding hydrogens is 378 g/mol. The molecule has 1 unspecified atom stereocenters. The first-order valence-corrected chi connectivity index (χ1v) is 8.92. The van der Waals surface area contributed by atoms with Gasteiger partial charge in [0.2, 0.25) is 0 Å². The zero-order chi connectivity index (χ0) is 21.4. The minimum absolute atomic E-state index is 0.0844. The number of nitro benzene ring substituents is 1. The fourth-order valence-corrected chi connectivity index (χ4v) is 2.78. The lowest BCUT2D eigenvalue weighted by atomic mass is 10.1. The number of benzene rings is 2. The Balaban J connectivity index is 2.21. The summed E-state index contributed by atoms with van der Waals surface area (Å²) in [5.41, 5.74) is 1.31. The van der Waals surface area contributed by atoms with Crippen molar-refractivity contribution in [2.24, 2.45) is 0 Å². The summed E-state index contributed by atoms with van der Waals surface area (Å²) in [7, 11) is 4.65. The Morgan fingerprint density at radius 1 is 1.10 bits per heavy atom. The van der Waals surface area contributed by atoms with Crippen LogP contribution in [0.3, 0.4) is 0 Å². The van der Waals surface area contributed by atoms with Crippen LogP contribution in [0.2, 0.25) is 0 Å². The van der Waals surface area contributed by atoms with Gasteiger partial charge in [-0.15, -0.1) is 0 Å². The van der Waals surface area contributed by atoms with E-state index in [-0.39, 0.29) is 23.8 Å². The van der Waals surface area contributed by atoms with E-state index in [0.717, 1.165) is 5.56 Å². The van der Waals surface area contributed by atoms with Crippen LogP contribution in [-0.4, -0.2) is 44.8 Å². The second-order valence-electron chi connectivity index (χ2n) is 6.36.